The number of aromatic nitrogens is 4. The molecule has 8 nitrogen and oxygen atoms in total. The van der Waals surface area contributed by atoms with Crippen molar-refractivity contribution in [2.45, 2.75) is 143 Å². The van der Waals surface area contributed by atoms with Crippen molar-refractivity contribution in [2.75, 3.05) is 13.2 Å². The van der Waals surface area contributed by atoms with Gasteiger partial charge in [0.2, 0.25) is 0 Å². The Balaban J connectivity index is 1.52. The first-order valence-electron chi connectivity index (χ1n) is 19.9. The zero-order valence-corrected chi connectivity index (χ0v) is 32.1. The van der Waals surface area contributed by atoms with E-state index in [1.54, 1.807) is 0 Å². The van der Waals surface area contributed by atoms with Gasteiger partial charge in [0, 0.05) is 46.4 Å². The van der Waals surface area contributed by atoms with Crippen molar-refractivity contribution in [1.29, 1.82) is 0 Å². The summed E-state index contributed by atoms with van der Waals surface area (Å²) in [5.41, 5.74) is 17.0. The predicted molar refractivity (Wildman–Crippen MR) is 212 cm³/mol. The molecular formula is C44H58N4O4. The van der Waals surface area contributed by atoms with Crippen molar-refractivity contribution in [2.24, 2.45) is 0 Å². The number of nitrogens with one attached hydrogen (secondary N) is 2. The Morgan fingerprint density at radius 3 is 1.44 bits per heavy atom. The summed E-state index contributed by atoms with van der Waals surface area (Å²) in [5, 5.41) is 19.7. The highest BCUT2D eigenvalue weighted by atomic mass is 16.5. The minimum absolute atomic E-state index is 0.0791. The molecule has 0 radical (unpaired) electrons. The molecule has 0 aromatic carbocycles. The monoisotopic (exact) mass is 706 g/mol. The van der Waals surface area contributed by atoms with Gasteiger partial charge in [-0.15, -0.1) is 0 Å². The maximum atomic E-state index is 9.84. The Bertz CT molecular complexity index is 2020. The van der Waals surface area contributed by atoms with Gasteiger partial charge in [-0.2, -0.15) is 0 Å². The first kappa shape index (κ1) is 36.8. The fourth-order valence-corrected chi connectivity index (χ4v) is 9.10. The maximum Gasteiger partial charge on any atom is 0.0824 e. The Morgan fingerprint density at radius 1 is 0.596 bits per heavy atom. The number of aliphatic hydroxyl groups is 2. The molecule has 3 aromatic rings. The van der Waals surface area contributed by atoms with Crippen molar-refractivity contribution in [3.63, 3.8) is 0 Å². The Labute approximate surface area is 308 Å². The van der Waals surface area contributed by atoms with Gasteiger partial charge in [0.25, 0.3) is 0 Å². The van der Waals surface area contributed by atoms with Crippen LogP contribution in [0, 0.1) is 13.8 Å². The van der Waals surface area contributed by atoms with E-state index >= 15 is 0 Å². The lowest BCUT2D eigenvalue weighted by atomic mass is 9.98. The van der Waals surface area contributed by atoms with Crippen molar-refractivity contribution in [3.8, 4) is 0 Å². The number of aryl methyl sites for hydroxylation is 2. The van der Waals surface area contributed by atoms with Gasteiger partial charge < -0.3 is 29.7 Å². The van der Waals surface area contributed by atoms with Gasteiger partial charge in [-0.25, -0.2) is 9.97 Å². The SMILES string of the molecule is CC1=C(CCCO)c2cc3nc(cc4[nH]c(cc5[nH]c(cc1n2)c(C)c5C(C)OC1CCCC1)c(C)c4C(C)OC1CCCC1)C(C)=C3CCCO. The Hall–Kier alpha value is -3.56. The molecule has 7 rings (SSSR count). The van der Waals surface area contributed by atoms with Crippen molar-refractivity contribution in [1.82, 2.24) is 19.9 Å². The molecule has 2 aliphatic heterocycles. The molecule has 2 saturated carbocycles. The van der Waals surface area contributed by atoms with Crippen LogP contribution in [0.1, 0.15) is 162 Å². The molecule has 2 unspecified atom stereocenters. The van der Waals surface area contributed by atoms with E-state index in [0.717, 1.165) is 106 Å². The summed E-state index contributed by atoms with van der Waals surface area (Å²) in [6.07, 6.45) is 12.6. The van der Waals surface area contributed by atoms with E-state index in [1.807, 2.05) is 0 Å². The van der Waals surface area contributed by atoms with Crippen LogP contribution in [-0.4, -0.2) is 55.6 Å². The summed E-state index contributed by atoms with van der Waals surface area (Å²) in [6.45, 7) is 13.3. The average Bonchev–Trinajstić information content (AvgIpc) is 3.97. The van der Waals surface area contributed by atoms with E-state index in [1.165, 1.54) is 47.9 Å². The first-order valence-corrected chi connectivity index (χ1v) is 19.9. The number of fused-ring (bicyclic) bond motifs is 8. The summed E-state index contributed by atoms with van der Waals surface area (Å²) in [6, 6.07) is 8.77. The number of hydrogen-bond donors (Lipinski definition) is 4. The highest BCUT2D eigenvalue weighted by Crippen LogP contribution is 2.40. The fraction of sp³-hybridized carbons (Fsp3) is 0.545. The van der Waals surface area contributed by atoms with Crippen LogP contribution in [0.25, 0.3) is 44.4 Å². The number of H-pyrrole nitrogens is 2. The molecule has 8 bridgehead atoms. The molecule has 4 aliphatic rings. The molecule has 2 atom stereocenters. The largest absolute Gasteiger partial charge is 0.396 e. The van der Waals surface area contributed by atoms with Gasteiger partial charge in [0.05, 0.1) is 47.2 Å². The first-order chi connectivity index (χ1) is 25.2. The quantitative estimate of drug-likeness (QED) is 0.149. The van der Waals surface area contributed by atoms with Gasteiger partial charge in [-0.3, -0.25) is 0 Å². The normalized spacial score (nSPS) is 18.3. The number of nitrogens with zero attached hydrogens (tertiary/aromatic N) is 2. The summed E-state index contributed by atoms with van der Waals surface area (Å²) >= 11 is 0. The zero-order valence-electron chi connectivity index (χ0n) is 32.1. The van der Waals surface area contributed by atoms with Crippen LogP contribution >= 0.6 is 0 Å². The summed E-state index contributed by atoms with van der Waals surface area (Å²) < 4.78 is 13.5. The Morgan fingerprint density at radius 2 is 1.00 bits per heavy atom. The molecule has 8 heteroatoms. The van der Waals surface area contributed by atoms with E-state index in [4.69, 9.17) is 19.4 Å². The third kappa shape index (κ3) is 7.32. The molecule has 4 N–H and O–H groups in total. The van der Waals surface area contributed by atoms with E-state index in [0.29, 0.717) is 18.9 Å². The third-order valence-electron chi connectivity index (χ3n) is 12.0. The van der Waals surface area contributed by atoms with E-state index in [9.17, 15) is 10.2 Å². The molecule has 52 heavy (non-hydrogen) atoms. The van der Waals surface area contributed by atoms with Crippen LogP contribution in [-0.2, 0) is 9.47 Å². The maximum absolute atomic E-state index is 9.84. The standard InChI is InChI=1S/C44H58N4O4/c1-25-33(17-11-19-49)39-24-40-34(18-12-20-50)26(2)36(46-40)22-41-44(30(6)52-32-15-9-10-16-32)28(4)38(48-41)23-42-43(29(5)51-31-13-7-8-14-31)27(3)37(47-42)21-35(25)45-39/h21-24,29-32,47-50H,7-20H2,1-6H3. The van der Waals surface area contributed by atoms with Gasteiger partial charge in [0.15, 0.2) is 0 Å². The van der Waals surface area contributed by atoms with Crippen molar-refractivity contribution in [3.05, 3.63) is 69.3 Å². The van der Waals surface area contributed by atoms with Crippen LogP contribution in [0.15, 0.2) is 24.3 Å². The van der Waals surface area contributed by atoms with Crippen LogP contribution in [0.4, 0.5) is 0 Å². The Kier molecular flexibility index (Phi) is 11.2. The molecule has 0 saturated heterocycles. The van der Waals surface area contributed by atoms with Gasteiger partial charge in [-0.05, 0) is 151 Å². The zero-order chi connectivity index (χ0) is 36.5. The molecule has 3 aromatic heterocycles. The van der Waals surface area contributed by atoms with Crippen LogP contribution in [0.2, 0.25) is 0 Å². The van der Waals surface area contributed by atoms with Crippen molar-refractivity contribution < 1.29 is 19.7 Å². The highest BCUT2D eigenvalue weighted by Gasteiger charge is 2.26. The van der Waals surface area contributed by atoms with Gasteiger partial charge in [-0.1, -0.05) is 25.7 Å². The van der Waals surface area contributed by atoms with E-state index in [-0.39, 0.29) is 31.5 Å². The molecule has 278 valence electrons. The lowest BCUT2D eigenvalue weighted by Crippen LogP contribution is -2.11. The van der Waals surface area contributed by atoms with Gasteiger partial charge >= 0.3 is 0 Å². The second-order valence-corrected chi connectivity index (χ2v) is 15.6. The molecule has 2 fully saturated rings. The highest BCUT2D eigenvalue weighted by molar-refractivity contribution is 5.95. The number of hydrogen-bond acceptors (Lipinski definition) is 6. The third-order valence-corrected chi connectivity index (χ3v) is 12.0. The smallest absolute Gasteiger partial charge is 0.0824 e. The number of aromatic amines is 2. The molecule has 2 aliphatic carbocycles. The summed E-state index contributed by atoms with van der Waals surface area (Å²) in [5.74, 6) is 0. The van der Waals surface area contributed by atoms with E-state index in [2.05, 4.69) is 75.8 Å². The van der Waals surface area contributed by atoms with Crippen LogP contribution in [0.3, 0.4) is 0 Å². The number of allylic oxidation sites excluding steroid dienone is 4. The molecule has 0 amide bonds. The predicted octanol–water partition coefficient (Wildman–Crippen LogP) is 10.4. The minimum Gasteiger partial charge on any atom is -0.396 e. The van der Waals surface area contributed by atoms with E-state index < -0.39 is 0 Å². The summed E-state index contributed by atoms with van der Waals surface area (Å²) in [7, 11) is 0. The lowest BCUT2D eigenvalue weighted by molar-refractivity contribution is 0.00133. The van der Waals surface area contributed by atoms with Gasteiger partial charge in [0.1, 0.15) is 0 Å². The van der Waals surface area contributed by atoms with Crippen LogP contribution in [0.5, 0.6) is 0 Å². The second-order valence-electron chi connectivity index (χ2n) is 15.6. The number of rotatable bonds is 12. The van der Waals surface area contributed by atoms with Crippen LogP contribution < -0.4 is 0 Å². The number of ether oxygens (including phenoxy) is 2. The second kappa shape index (κ2) is 15.8. The lowest BCUT2D eigenvalue weighted by Gasteiger charge is -2.19. The molecule has 5 heterocycles. The summed E-state index contributed by atoms with van der Waals surface area (Å²) in [4.78, 5) is 18.2. The molecular weight excluding hydrogens is 649 g/mol. The minimum atomic E-state index is -0.0907. The fourth-order valence-electron chi connectivity index (χ4n) is 9.10. The molecule has 0 spiro atoms. The average molecular weight is 707 g/mol. The van der Waals surface area contributed by atoms with Crippen molar-refractivity contribution >= 4 is 44.4 Å². The number of aliphatic hydroxyl groups excluding tert-OH is 2. The topological polar surface area (TPSA) is 116 Å².